The van der Waals surface area contributed by atoms with Gasteiger partial charge in [0.05, 0.1) is 22.1 Å². The molecule has 0 fully saturated rings. The molecule has 0 atom stereocenters. The van der Waals surface area contributed by atoms with Gasteiger partial charge in [-0.15, -0.1) is 11.3 Å². The molecule has 0 aliphatic carbocycles. The van der Waals surface area contributed by atoms with Crippen LogP contribution in [0, 0.1) is 0 Å². The van der Waals surface area contributed by atoms with Gasteiger partial charge in [-0.25, -0.2) is 4.98 Å². The number of benzene rings is 10. The van der Waals surface area contributed by atoms with E-state index >= 15 is 0 Å². The van der Waals surface area contributed by atoms with Gasteiger partial charge in [0.1, 0.15) is 0 Å². The Morgan fingerprint density at radius 3 is 1.41 bits per heavy atom. The molecule has 0 aliphatic heterocycles. The topological polar surface area (TPSA) is 48.5 Å². The van der Waals surface area contributed by atoms with Crippen LogP contribution in [0.25, 0.3) is 98.2 Å². The highest BCUT2D eigenvalue weighted by Gasteiger charge is 2.41. The molecule has 70 heavy (non-hydrogen) atoms. The molecule has 7 heteroatoms. The van der Waals surface area contributed by atoms with Crippen LogP contribution in [0.4, 0.5) is 0 Å². The molecule has 14 aromatic rings. The van der Waals surface area contributed by atoms with Gasteiger partial charge in [0.2, 0.25) is 5.95 Å². The van der Waals surface area contributed by atoms with E-state index in [1.165, 1.54) is 58.0 Å². The van der Waals surface area contributed by atoms with Gasteiger partial charge in [0.15, 0.2) is 19.7 Å². The summed E-state index contributed by atoms with van der Waals surface area (Å²) in [6, 6.07) is 90.2. The zero-order valence-electron chi connectivity index (χ0n) is 37.8. The zero-order valence-corrected chi connectivity index (χ0v) is 39.6. The molecule has 0 spiro atoms. The van der Waals surface area contributed by atoms with Crippen LogP contribution in [-0.2, 0) is 0 Å². The Bertz CT molecular complexity index is 4140. The maximum Gasteiger partial charge on any atom is 0.238 e. The molecule has 0 N–H and O–H groups in total. The van der Waals surface area contributed by atoms with E-state index in [1.807, 2.05) is 0 Å². The Balaban J connectivity index is 0.996. The zero-order chi connectivity index (χ0) is 46.2. The van der Waals surface area contributed by atoms with Gasteiger partial charge in [-0.2, -0.15) is 9.97 Å². The molecule has 0 saturated carbocycles. The van der Waals surface area contributed by atoms with Crippen molar-refractivity contribution in [2.75, 3.05) is 0 Å². The summed E-state index contributed by atoms with van der Waals surface area (Å²) in [6.07, 6.45) is 0. The molecule has 4 aromatic heterocycles. The second-order valence-electron chi connectivity index (χ2n) is 17.9. The number of fused-ring (bicyclic) bond motifs is 9. The summed E-state index contributed by atoms with van der Waals surface area (Å²) in [4.78, 5) is 16.4. The Hall–Kier alpha value is -8.75. The Morgan fingerprint density at radius 1 is 0.329 bits per heavy atom. The van der Waals surface area contributed by atoms with E-state index in [1.54, 1.807) is 11.3 Å². The first-order valence-corrected chi connectivity index (χ1v) is 26.5. The molecule has 10 aromatic carbocycles. The minimum Gasteiger partial charge on any atom is -0.309 e. The van der Waals surface area contributed by atoms with Crippen molar-refractivity contribution in [3.05, 3.63) is 249 Å². The van der Waals surface area contributed by atoms with Crippen LogP contribution < -0.4 is 20.7 Å². The fourth-order valence-electron chi connectivity index (χ4n) is 11.1. The smallest absolute Gasteiger partial charge is 0.238 e. The number of aromatic nitrogens is 5. The summed E-state index contributed by atoms with van der Waals surface area (Å²) < 4.78 is 7.01. The first-order valence-electron chi connectivity index (χ1n) is 23.7. The van der Waals surface area contributed by atoms with Gasteiger partial charge in [-0.1, -0.05) is 200 Å². The van der Waals surface area contributed by atoms with Crippen molar-refractivity contribution in [1.82, 2.24) is 24.1 Å². The maximum atomic E-state index is 5.47. The van der Waals surface area contributed by atoms with Crippen molar-refractivity contribution in [2.45, 2.75) is 0 Å². The van der Waals surface area contributed by atoms with Crippen molar-refractivity contribution in [3.63, 3.8) is 0 Å². The van der Waals surface area contributed by atoms with Crippen LogP contribution in [0.2, 0.25) is 0 Å². The monoisotopic (exact) mass is 927 g/mol. The van der Waals surface area contributed by atoms with Crippen LogP contribution >= 0.6 is 11.3 Å². The minimum atomic E-state index is -2.76. The van der Waals surface area contributed by atoms with Crippen molar-refractivity contribution in [3.8, 4) is 34.4 Å². The Labute approximate surface area is 408 Å². The third-order valence-electron chi connectivity index (χ3n) is 14.2. The highest BCUT2D eigenvalue weighted by Crippen LogP contribution is 2.41. The van der Waals surface area contributed by atoms with E-state index in [2.05, 4.69) is 258 Å². The summed E-state index contributed by atoms with van der Waals surface area (Å²) in [5.41, 5.74) is 7.41. The molecule has 0 radical (unpaired) electrons. The van der Waals surface area contributed by atoms with Gasteiger partial charge in [0, 0.05) is 58.5 Å². The quantitative estimate of drug-likeness (QED) is 0.113. The van der Waals surface area contributed by atoms with Gasteiger partial charge < -0.3 is 4.57 Å². The lowest BCUT2D eigenvalue weighted by atomic mass is 10.1. The standard InChI is InChI=1S/C63H41N5SSi/c1-4-19-44(20-5-1)70(45-21-6-2-7-22-45,46-23-8-3-9-24-46)47-38-35-42(36-39-47)61-64-62(53-30-18-29-52-51-28-13-17-34-59(51)69-60(52)53)66-63(65-61)68-57-33-16-12-27-50(57)54-41-43(37-40-58(54)68)67-55-31-14-10-25-48(55)49-26-11-15-32-56(49)67/h1-41H. The number of hydrogen-bond acceptors (Lipinski definition) is 4. The number of thiophene rings is 1. The average Bonchev–Trinajstić information content (AvgIpc) is 4.10. The molecular formula is C63H41N5SSi. The van der Waals surface area contributed by atoms with E-state index in [0.717, 1.165) is 43.3 Å². The van der Waals surface area contributed by atoms with E-state index < -0.39 is 8.07 Å². The summed E-state index contributed by atoms with van der Waals surface area (Å²) in [5, 5.41) is 12.4. The first-order chi connectivity index (χ1) is 34.7. The Morgan fingerprint density at radius 2 is 0.800 bits per heavy atom. The van der Waals surface area contributed by atoms with Gasteiger partial charge in [-0.05, 0) is 69.3 Å². The number of rotatable bonds is 8. The second-order valence-corrected chi connectivity index (χ2v) is 22.8. The maximum absolute atomic E-state index is 5.47. The van der Waals surface area contributed by atoms with Gasteiger partial charge in [0.25, 0.3) is 0 Å². The molecular weight excluding hydrogens is 887 g/mol. The molecule has 0 bridgehead atoms. The predicted molar refractivity (Wildman–Crippen MR) is 296 cm³/mol. The average molecular weight is 928 g/mol. The fourth-order valence-corrected chi connectivity index (χ4v) is 17.0. The largest absolute Gasteiger partial charge is 0.309 e. The lowest BCUT2D eigenvalue weighted by molar-refractivity contribution is 0.954. The third kappa shape index (κ3) is 6.19. The second kappa shape index (κ2) is 16.2. The van der Waals surface area contributed by atoms with Crippen LogP contribution in [0.1, 0.15) is 0 Å². The molecule has 0 amide bonds. The lowest BCUT2D eigenvalue weighted by Gasteiger charge is -2.34. The molecule has 0 aliphatic rings. The molecule has 328 valence electrons. The van der Waals surface area contributed by atoms with E-state index in [4.69, 9.17) is 15.0 Å². The minimum absolute atomic E-state index is 0.569. The molecule has 5 nitrogen and oxygen atoms in total. The predicted octanol–water partition coefficient (Wildman–Crippen LogP) is 13.1. The normalized spacial score (nSPS) is 12.0. The molecule has 4 heterocycles. The van der Waals surface area contributed by atoms with Crippen molar-refractivity contribution >= 4 is 104 Å². The van der Waals surface area contributed by atoms with E-state index in [9.17, 15) is 0 Å². The highest BCUT2D eigenvalue weighted by atomic mass is 32.1. The van der Waals surface area contributed by atoms with E-state index in [-0.39, 0.29) is 0 Å². The third-order valence-corrected chi connectivity index (χ3v) is 20.2. The van der Waals surface area contributed by atoms with E-state index in [0.29, 0.717) is 17.6 Å². The summed E-state index contributed by atoms with van der Waals surface area (Å²) in [6.45, 7) is 0. The van der Waals surface area contributed by atoms with Crippen LogP contribution in [-0.4, -0.2) is 32.2 Å². The van der Waals surface area contributed by atoms with Crippen molar-refractivity contribution < 1.29 is 0 Å². The number of hydrogen-bond donors (Lipinski definition) is 0. The highest BCUT2D eigenvalue weighted by molar-refractivity contribution is 7.26. The first kappa shape index (κ1) is 40.3. The molecule has 0 unspecified atom stereocenters. The summed E-state index contributed by atoms with van der Waals surface area (Å²) in [7, 11) is -2.76. The molecule has 0 saturated heterocycles. The van der Waals surface area contributed by atoms with Crippen LogP contribution in [0.15, 0.2) is 249 Å². The SMILES string of the molecule is c1ccc([Si](c2ccccc2)(c2ccccc2)c2ccc(-c3nc(-c4cccc5c4sc4ccccc45)nc(-n4c5ccccc5c5cc(-n6c7ccccc7c7ccccc76)ccc54)n3)cc2)cc1. The van der Waals surface area contributed by atoms with Crippen LogP contribution in [0.3, 0.4) is 0 Å². The number of nitrogens with zero attached hydrogens (tertiary/aromatic N) is 5. The van der Waals surface area contributed by atoms with Crippen molar-refractivity contribution in [2.24, 2.45) is 0 Å². The number of para-hydroxylation sites is 3. The lowest BCUT2D eigenvalue weighted by Crippen LogP contribution is -2.74. The van der Waals surface area contributed by atoms with Crippen molar-refractivity contribution in [1.29, 1.82) is 0 Å². The van der Waals surface area contributed by atoms with Crippen LogP contribution in [0.5, 0.6) is 0 Å². The Kier molecular flexibility index (Phi) is 9.33. The van der Waals surface area contributed by atoms with Gasteiger partial charge in [-0.3, -0.25) is 4.57 Å². The summed E-state index contributed by atoms with van der Waals surface area (Å²) >= 11 is 1.79. The molecule has 14 rings (SSSR count). The fraction of sp³-hybridized carbons (Fsp3) is 0. The summed E-state index contributed by atoms with van der Waals surface area (Å²) in [5.74, 6) is 1.82. The van der Waals surface area contributed by atoms with Gasteiger partial charge >= 0.3 is 0 Å².